The lowest BCUT2D eigenvalue weighted by Crippen LogP contribution is -2.07. The van der Waals surface area contributed by atoms with E-state index in [-0.39, 0.29) is 17.7 Å². The molecule has 0 unspecified atom stereocenters. The smallest absolute Gasteiger partial charge is 0.190 e. The zero-order chi connectivity index (χ0) is 18.8. The van der Waals surface area contributed by atoms with Crippen molar-refractivity contribution in [2.45, 2.75) is 13.5 Å². The third-order valence-electron chi connectivity index (χ3n) is 3.95. The molecule has 6 heteroatoms. The van der Waals surface area contributed by atoms with Crippen LogP contribution in [0.5, 0.6) is 5.75 Å². The fourth-order valence-electron chi connectivity index (χ4n) is 2.73. The van der Waals surface area contributed by atoms with E-state index < -0.39 is 34.7 Å². The Hall–Kier alpha value is -3.02. The third kappa shape index (κ3) is 3.49. The molecule has 2 N–H and O–H groups in total. The Kier molecular flexibility index (Phi) is 4.84. The van der Waals surface area contributed by atoms with E-state index in [9.17, 15) is 22.7 Å². The number of benzene rings is 3. The van der Waals surface area contributed by atoms with Crippen LogP contribution in [0.4, 0.5) is 23.2 Å². The van der Waals surface area contributed by atoms with Crippen LogP contribution in [0.1, 0.15) is 11.1 Å². The SMILES string of the molecule is Cc1cc(CNc2c(F)ccc(O)c2F)c(F)c(-c2cccc(F)c2)c1. The van der Waals surface area contributed by atoms with Gasteiger partial charge in [0.2, 0.25) is 0 Å². The molecule has 26 heavy (non-hydrogen) atoms. The van der Waals surface area contributed by atoms with Gasteiger partial charge in [-0.05, 0) is 48.4 Å². The summed E-state index contributed by atoms with van der Waals surface area (Å²) in [6.45, 7) is 1.52. The highest BCUT2D eigenvalue weighted by Crippen LogP contribution is 2.30. The molecule has 0 aromatic heterocycles. The molecule has 0 fully saturated rings. The average Bonchev–Trinajstić information content (AvgIpc) is 2.60. The molecule has 3 aromatic carbocycles. The van der Waals surface area contributed by atoms with Gasteiger partial charge in [-0.1, -0.05) is 18.2 Å². The van der Waals surface area contributed by atoms with E-state index in [4.69, 9.17) is 0 Å². The fraction of sp³-hybridized carbons (Fsp3) is 0.100. The lowest BCUT2D eigenvalue weighted by molar-refractivity contribution is 0.429. The van der Waals surface area contributed by atoms with Gasteiger partial charge in [-0.2, -0.15) is 0 Å². The van der Waals surface area contributed by atoms with Gasteiger partial charge < -0.3 is 10.4 Å². The van der Waals surface area contributed by atoms with E-state index in [2.05, 4.69) is 5.32 Å². The van der Waals surface area contributed by atoms with Gasteiger partial charge >= 0.3 is 0 Å². The standard InChI is InChI=1S/C20H15F4NO/c1-11-7-13(10-25-20-16(22)5-6-17(26)19(20)24)18(23)15(8-11)12-3-2-4-14(21)9-12/h2-9,25-26H,10H2,1H3. The molecule has 0 aliphatic rings. The highest BCUT2D eigenvalue weighted by molar-refractivity contribution is 5.66. The molecule has 0 heterocycles. The van der Waals surface area contributed by atoms with Crippen molar-refractivity contribution in [1.29, 1.82) is 0 Å². The van der Waals surface area contributed by atoms with Crippen molar-refractivity contribution in [2.75, 3.05) is 5.32 Å². The minimum Gasteiger partial charge on any atom is -0.505 e. The van der Waals surface area contributed by atoms with Gasteiger partial charge in [-0.3, -0.25) is 0 Å². The minimum atomic E-state index is -1.15. The van der Waals surface area contributed by atoms with Crippen molar-refractivity contribution in [3.63, 3.8) is 0 Å². The first-order chi connectivity index (χ1) is 12.4. The molecule has 3 rings (SSSR count). The number of nitrogens with one attached hydrogen (secondary N) is 1. The third-order valence-corrected chi connectivity index (χ3v) is 3.95. The van der Waals surface area contributed by atoms with Crippen molar-refractivity contribution in [3.8, 4) is 16.9 Å². The lowest BCUT2D eigenvalue weighted by Gasteiger charge is -2.13. The van der Waals surface area contributed by atoms with Crippen LogP contribution in [-0.2, 0) is 6.54 Å². The Balaban J connectivity index is 1.96. The number of phenolic OH excluding ortho intramolecular Hbond substituents is 1. The van der Waals surface area contributed by atoms with Crippen molar-refractivity contribution in [2.24, 2.45) is 0 Å². The molecule has 0 atom stereocenters. The second kappa shape index (κ2) is 7.07. The van der Waals surface area contributed by atoms with E-state index in [0.717, 1.165) is 12.1 Å². The molecule has 3 aromatic rings. The highest BCUT2D eigenvalue weighted by Gasteiger charge is 2.16. The zero-order valence-corrected chi connectivity index (χ0v) is 13.8. The van der Waals surface area contributed by atoms with Crippen LogP contribution in [0.15, 0.2) is 48.5 Å². The summed E-state index contributed by atoms with van der Waals surface area (Å²) in [5.41, 5.74) is 0.879. The molecule has 134 valence electrons. The van der Waals surface area contributed by atoms with Crippen LogP contribution in [0, 0.1) is 30.2 Å². The van der Waals surface area contributed by atoms with Crippen LogP contribution in [0.25, 0.3) is 11.1 Å². The largest absolute Gasteiger partial charge is 0.505 e. The molecule has 0 spiro atoms. The predicted octanol–water partition coefficient (Wildman–Crippen LogP) is 5.54. The molecule has 0 amide bonds. The maximum Gasteiger partial charge on any atom is 0.190 e. The summed E-state index contributed by atoms with van der Waals surface area (Å²) in [5, 5.41) is 11.8. The zero-order valence-electron chi connectivity index (χ0n) is 13.8. The summed E-state index contributed by atoms with van der Waals surface area (Å²) in [6, 6.07) is 10.4. The van der Waals surface area contributed by atoms with Crippen LogP contribution in [0.3, 0.4) is 0 Å². The molecule has 0 radical (unpaired) electrons. The first-order valence-electron chi connectivity index (χ1n) is 7.82. The Morgan fingerprint density at radius 2 is 1.69 bits per heavy atom. The molecule has 0 saturated carbocycles. The number of aromatic hydroxyl groups is 1. The van der Waals surface area contributed by atoms with E-state index in [1.807, 2.05) is 0 Å². The number of aryl methyl sites for hydroxylation is 1. The lowest BCUT2D eigenvalue weighted by atomic mass is 9.99. The number of hydrogen-bond donors (Lipinski definition) is 2. The molecule has 0 aliphatic heterocycles. The first-order valence-corrected chi connectivity index (χ1v) is 7.82. The van der Waals surface area contributed by atoms with Crippen LogP contribution in [-0.4, -0.2) is 5.11 Å². The number of hydrogen-bond acceptors (Lipinski definition) is 2. The monoisotopic (exact) mass is 361 g/mol. The second-order valence-electron chi connectivity index (χ2n) is 5.90. The van der Waals surface area contributed by atoms with E-state index >= 15 is 0 Å². The van der Waals surface area contributed by atoms with E-state index in [1.54, 1.807) is 19.1 Å². The molecule has 0 aliphatic carbocycles. The van der Waals surface area contributed by atoms with Crippen molar-refractivity contribution in [1.82, 2.24) is 0 Å². The van der Waals surface area contributed by atoms with Crippen molar-refractivity contribution >= 4 is 5.69 Å². The second-order valence-corrected chi connectivity index (χ2v) is 5.90. The Bertz CT molecular complexity index is 972. The van der Waals surface area contributed by atoms with Crippen LogP contribution in [0.2, 0.25) is 0 Å². The van der Waals surface area contributed by atoms with Gasteiger partial charge in [0.1, 0.15) is 23.1 Å². The van der Waals surface area contributed by atoms with Gasteiger partial charge in [0.25, 0.3) is 0 Å². The quantitative estimate of drug-likeness (QED) is 0.599. The fourth-order valence-corrected chi connectivity index (χ4v) is 2.73. The van der Waals surface area contributed by atoms with Crippen molar-refractivity contribution in [3.05, 3.63) is 82.9 Å². The highest BCUT2D eigenvalue weighted by atomic mass is 19.1. The van der Waals surface area contributed by atoms with Gasteiger partial charge in [0.05, 0.1) is 0 Å². The maximum atomic E-state index is 14.9. The molecular weight excluding hydrogens is 346 g/mol. The van der Waals surface area contributed by atoms with Crippen LogP contribution < -0.4 is 5.32 Å². The summed E-state index contributed by atoms with van der Waals surface area (Å²) in [4.78, 5) is 0. The molecule has 2 nitrogen and oxygen atoms in total. The Morgan fingerprint density at radius 3 is 2.42 bits per heavy atom. The summed E-state index contributed by atoms with van der Waals surface area (Å²) in [5.74, 6) is -3.87. The van der Waals surface area contributed by atoms with Crippen molar-refractivity contribution < 1.29 is 22.7 Å². The molecule has 0 saturated heterocycles. The topological polar surface area (TPSA) is 32.3 Å². The summed E-state index contributed by atoms with van der Waals surface area (Å²) in [6.07, 6.45) is 0. The van der Waals surface area contributed by atoms with Gasteiger partial charge in [0.15, 0.2) is 11.6 Å². The maximum absolute atomic E-state index is 14.9. The van der Waals surface area contributed by atoms with E-state index in [1.165, 1.54) is 24.3 Å². The first kappa shape index (κ1) is 17.8. The predicted molar refractivity (Wildman–Crippen MR) is 91.9 cm³/mol. The number of phenols is 1. The summed E-state index contributed by atoms with van der Waals surface area (Å²) >= 11 is 0. The summed E-state index contributed by atoms with van der Waals surface area (Å²) in [7, 11) is 0. The van der Waals surface area contributed by atoms with Crippen LogP contribution >= 0.6 is 0 Å². The minimum absolute atomic E-state index is 0.159. The van der Waals surface area contributed by atoms with Gasteiger partial charge in [-0.25, -0.2) is 17.6 Å². The van der Waals surface area contributed by atoms with Gasteiger partial charge in [-0.15, -0.1) is 0 Å². The Morgan fingerprint density at radius 1 is 0.923 bits per heavy atom. The summed E-state index contributed by atoms with van der Waals surface area (Å²) < 4.78 is 55.9. The molecular formula is C20H15F4NO. The van der Waals surface area contributed by atoms with E-state index in [0.29, 0.717) is 11.1 Å². The molecule has 0 bridgehead atoms. The van der Waals surface area contributed by atoms with Gasteiger partial charge in [0, 0.05) is 17.7 Å². The number of anilines is 1. The number of halogens is 4. The average molecular weight is 361 g/mol. The Labute approximate surface area is 147 Å². The normalized spacial score (nSPS) is 10.8. The number of rotatable bonds is 4.